The fourth-order valence-electron chi connectivity index (χ4n) is 4.25. The van der Waals surface area contributed by atoms with E-state index in [4.69, 9.17) is 9.72 Å². The summed E-state index contributed by atoms with van der Waals surface area (Å²) in [4.78, 5) is 18.7. The summed E-state index contributed by atoms with van der Waals surface area (Å²) < 4.78 is 6.33. The Hall–Kier alpha value is -3.18. The van der Waals surface area contributed by atoms with Gasteiger partial charge in [0.1, 0.15) is 5.75 Å². The Morgan fingerprint density at radius 1 is 0.909 bits per heavy atom. The average Bonchev–Trinajstić information content (AvgIpc) is 2.79. The number of nitrogens with one attached hydrogen (secondary N) is 1. The van der Waals surface area contributed by atoms with Crippen LogP contribution < -0.4 is 10.1 Å². The number of nitrogens with zero attached hydrogens (tertiary/aromatic N) is 1. The molecule has 0 radical (unpaired) electrons. The summed E-state index contributed by atoms with van der Waals surface area (Å²) in [5.41, 5.74) is 9.18. The van der Waals surface area contributed by atoms with Crippen LogP contribution in [0, 0.1) is 34.6 Å². The van der Waals surface area contributed by atoms with Crippen molar-refractivity contribution in [2.24, 2.45) is 0 Å². The number of carbonyl (C=O) groups is 1. The topological polar surface area (TPSA) is 51.2 Å². The third-order valence-electron chi connectivity index (χ3n) is 6.23. The lowest BCUT2D eigenvalue weighted by Crippen LogP contribution is -2.16. The maximum atomic E-state index is 13.7. The highest BCUT2D eigenvalue weighted by Crippen LogP contribution is 2.34. The number of rotatable bonds is 4. The largest absolute Gasteiger partial charge is 0.497 e. The van der Waals surface area contributed by atoms with Crippen molar-refractivity contribution in [3.8, 4) is 17.0 Å². The van der Waals surface area contributed by atoms with Crippen molar-refractivity contribution in [2.45, 2.75) is 34.6 Å². The van der Waals surface area contributed by atoms with E-state index in [0.29, 0.717) is 5.56 Å². The van der Waals surface area contributed by atoms with Crippen molar-refractivity contribution >= 4 is 38.4 Å². The summed E-state index contributed by atoms with van der Waals surface area (Å²) in [7, 11) is 1.65. The van der Waals surface area contributed by atoms with Crippen LogP contribution >= 0.6 is 15.9 Å². The number of aromatic nitrogens is 1. The van der Waals surface area contributed by atoms with Gasteiger partial charge in [0.05, 0.1) is 23.9 Å². The Balaban J connectivity index is 1.92. The number of methoxy groups -OCH3 is 1. The predicted octanol–water partition coefficient (Wildman–Crippen LogP) is 7.47. The molecule has 4 aromatic rings. The molecule has 0 bridgehead atoms. The van der Waals surface area contributed by atoms with Gasteiger partial charge in [-0.2, -0.15) is 0 Å². The normalized spacial score (nSPS) is 11.0. The molecule has 0 spiro atoms. The van der Waals surface area contributed by atoms with Gasteiger partial charge in [-0.3, -0.25) is 4.79 Å². The third-order valence-corrected chi connectivity index (χ3v) is 7.09. The number of benzene rings is 3. The van der Waals surface area contributed by atoms with Crippen molar-refractivity contribution in [1.29, 1.82) is 0 Å². The minimum Gasteiger partial charge on any atom is -0.497 e. The van der Waals surface area contributed by atoms with Gasteiger partial charge in [-0.25, -0.2) is 4.98 Å². The first-order valence-electron chi connectivity index (χ1n) is 10.8. The van der Waals surface area contributed by atoms with Crippen LogP contribution in [0.25, 0.3) is 22.2 Å². The molecule has 0 aliphatic heterocycles. The lowest BCUT2D eigenvalue weighted by molar-refractivity contribution is 0.102. The fraction of sp³-hybridized carbons (Fsp3) is 0.214. The van der Waals surface area contributed by atoms with Crippen molar-refractivity contribution in [1.82, 2.24) is 4.98 Å². The van der Waals surface area contributed by atoms with E-state index in [1.165, 1.54) is 0 Å². The second kappa shape index (κ2) is 8.99. The molecule has 4 rings (SSSR count). The second-order valence-corrected chi connectivity index (χ2v) is 9.32. The van der Waals surface area contributed by atoms with Gasteiger partial charge >= 0.3 is 0 Å². The SMILES string of the molecule is COc1ccc(-c2nc3c(C)cc(C)cc3c(C(=O)Nc3ccc(Br)c(C)c3C)c2C)cc1. The number of hydrogen-bond donors (Lipinski definition) is 1. The van der Waals surface area contributed by atoms with Crippen LogP contribution in [0.15, 0.2) is 53.0 Å². The zero-order chi connectivity index (χ0) is 23.9. The molecule has 33 heavy (non-hydrogen) atoms. The van der Waals surface area contributed by atoms with Crippen LogP contribution in [0.5, 0.6) is 5.75 Å². The molecule has 1 amide bonds. The molecule has 3 aromatic carbocycles. The van der Waals surface area contributed by atoms with Crippen LogP contribution in [0.4, 0.5) is 5.69 Å². The summed E-state index contributed by atoms with van der Waals surface area (Å²) in [5.74, 6) is 0.646. The average molecular weight is 503 g/mol. The molecule has 1 N–H and O–H groups in total. The molecule has 0 atom stereocenters. The monoisotopic (exact) mass is 502 g/mol. The number of fused-ring (bicyclic) bond motifs is 1. The quantitative estimate of drug-likeness (QED) is 0.314. The van der Waals surface area contributed by atoms with Crippen LogP contribution in [0.2, 0.25) is 0 Å². The minimum absolute atomic E-state index is 0.135. The molecule has 0 saturated carbocycles. The van der Waals surface area contributed by atoms with Gasteiger partial charge in [0.25, 0.3) is 5.91 Å². The molecular formula is C28H27BrN2O2. The Bertz CT molecular complexity index is 1390. The van der Waals surface area contributed by atoms with E-state index in [2.05, 4.69) is 33.4 Å². The molecule has 1 aromatic heterocycles. The van der Waals surface area contributed by atoms with E-state index in [9.17, 15) is 4.79 Å². The summed E-state index contributed by atoms with van der Waals surface area (Å²) in [6.07, 6.45) is 0. The van der Waals surface area contributed by atoms with Gasteiger partial charge in [0.15, 0.2) is 0 Å². The zero-order valence-electron chi connectivity index (χ0n) is 19.8. The second-order valence-electron chi connectivity index (χ2n) is 8.47. The minimum atomic E-state index is -0.135. The van der Waals surface area contributed by atoms with Crippen molar-refractivity contribution in [3.05, 3.63) is 86.4 Å². The lowest BCUT2D eigenvalue weighted by atomic mass is 9.94. The van der Waals surface area contributed by atoms with Crippen molar-refractivity contribution < 1.29 is 9.53 Å². The number of anilines is 1. The maximum Gasteiger partial charge on any atom is 0.256 e. The standard InChI is InChI=1S/C28H27BrN2O2/c1-15-13-16(2)26-22(14-15)25(28(32)30-24-12-11-23(29)17(3)18(24)4)19(5)27(31-26)20-7-9-21(33-6)10-8-20/h7-14H,1-6H3,(H,30,32). The molecule has 4 nitrogen and oxygen atoms in total. The number of halogens is 1. The fourth-order valence-corrected chi connectivity index (χ4v) is 4.67. The first kappa shape index (κ1) is 23.0. The van der Waals surface area contributed by atoms with Gasteiger partial charge in [-0.05, 0) is 99.3 Å². The highest BCUT2D eigenvalue weighted by molar-refractivity contribution is 9.10. The van der Waals surface area contributed by atoms with Crippen LogP contribution in [0.1, 0.15) is 38.2 Å². The number of hydrogen-bond acceptors (Lipinski definition) is 3. The van der Waals surface area contributed by atoms with E-state index < -0.39 is 0 Å². The number of pyridine rings is 1. The molecule has 5 heteroatoms. The molecule has 168 valence electrons. The zero-order valence-corrected chi connectivity index (χ0v) is 21.3. The van der Waals surface area contributed by atoms with E-state index in [1.54, 1.807) is 7.11 Å². The number of carbonyl (C=O) groups excluding carboxylic acids is 1. The molecule has 0 fully saturated rings. The van der Waals surface area contributed by atoms with Crippen LogP contribution in [-0.4, -0.2) is 18.0 Å². The summed E-state index contributed by atoms with van der Waals surface area (Å²) >= 11 is 3.57. The van der Waals surface area contributed by atoms with Crippen LogP contribution in [0.3, 0.4) is 0 Å². The lowest BCUT2D eigenvalue weighted by Gasteiger charge is -2.18. The summed E-state index contributed by atoms with van der Waals surface area (Å²) in [6.45, 7) is 10.1. The predicted molar refractivity (Wildman–Crippen MR) is 140 cm³/mol. The van der Waals surface area contributed by atoms with E-state index >= 15 is 0 Å². The third kappa shape index (κ3) is 4.25. The number of aryl methyl sites for hydroxylation is 2. The van der Waals surface area contributed by atoms with Crippen LogP contribution in [-0.2, 0) is 0 Å². The summed E-state index contributed by atoms with van der Waals surface area (Å²) in [5, 5.41) is 4.02. The Morgan fingerprint density at radius 3 is 2.27 bits per heavy atom. The number of amides is 1. The maximum absolute atomic E-state index is 13.7. The Labute approximate surface area is 203 Å². The van der Waals surface area contributed by atoms with Gasteiger partial charge < -0.3 is 10.1 Å². The summed E-state index contributed by atoms with van der Waals surface area (Å²) in [6, 6.07) is 15.8. The van der Waals surface area contributed by atoms with E-state index in [-0.39, 0.29) is 5.91 Å². The van der Waals surface area contributed by atoms with E-state index in [0.717, 1.165) is 65.9 Å². The van der Waals surface area contributed by atoms with Crippen molar-refractivity contribution in [2.75, 3.05) is 12.4 Å². The Morgan fingerprint density at radius 2 is 1.61 bits per heavy atom. The van der Waals surface area contributed by atoms with Gasteiger partial charge in [-0.15, -0.1) is 0 Å². The molecular weight excluding hydrogens is 476 g/mol. The van der Waals surface area contributed by atoms with Gasteiger partial charge in [-0.1, -0.05) is 27.6 Å². The molecule has 0 unspecified atom stereocenters. The molecule has 1 heterocycles. The highest BCUT2D eigenvalue weighted by atomic mass is 79.9. The molecule has 0 aliphatic carbocycles. The highest BCUT2D eigenvalue weighted by Gasteiger charge is 2.21. The molecule has 0 aliphatic rings. The van der Waals surface area contributed by atoms with Gasteiger partial charge in [0.2, 0.25) is 0 Å². The van der Waals surface area contributed by atoms with Gasteiger partial charge in [0, 0.05) is 21.1 Å². The van der Waals surface area contributed by atoms with Crippen molar-refractivity contribution in [3.63, 3.8) is 0 Å². The first-order chi connectivity index (χ1) is 15.7. The van der Waals surface area contributed by atoms with E-state index in [1.807, 2.05) is 71.0 Å². The first-order valence-corrected chi connectivity index (χ1v) is 11.6. The smallest absolute Gasteiger partial charge is 0.256 e. The number of ether oxygens (including phenoxy) is 1. The molecule has 0 saturated heterocycles. The Kier molecular flexibility index (Phi) is 6.26.